The molecule has 1 aromatic heterocycles. The molecule has 1 aromatic carbocycles. The minimum absolute atomic E-state index is 0.00256. The van der Waals surface area contributed by atoms with Gasteiger partial charge in [0.25, 0.3) is 5.91 Å². The Morgan fingerprint density at radius 2 is 1.93 bits per heavy atom. The molecule has 1 aliphatic carbocycles. The quantitative estimate of drug-likeness (QED) is 0.855. The van der Waals surface area contributed by atoms with Crippen molar-refractivity contribution in [2.24, 2.45) is 0 Å². The van der Waals surface area contributed by atoms with E-state index in [4.69, 9.17) is 0 Å². The highest BCUT2D eigenvalue weighted by atomic mass is 16.3. The van der Waals surface area contributed by atoms with Crippen LogP contribution in [0.25, 0.3) is 0 Å². The molecule has 1 amide bonds. The minimum atomic E-state index is -0.469. The molecular formula is C22H28N4O2. The maximum absolute atomic E-state index is 13.1. The number of aromatic nitrogens is 1. The number of amides is 1. The van der Waals surface area contributed by atoms with Crippen molar-refractivity contribution in [1.82, 2.24) is 14.8 Å². The van der Waals surface area contributed by atoms with E-state index in [1.165, 1.54) is 11.1 Å². The Morgan fingerprint density at radius 3 is 2.61 bits per heavy atom. The molecule has 1 spiro atoms. The van der Waals surface area contributed by atoms with Crippen LogP contribution in [-0.2, 0) is 5.41 Å². The van der Waals surface area contributed by atoms with Crippen molar-refractivity contribution >= 4 is 11.7 Å². The fourth-order valence-corrected chi connectivity index (χ4v) is 5.02. The molecule has 148 valence electrons. The van der Waals surface area contributed by atoms with Crippen LogP contribution in [0.4, 0.5) is 5.82 Å². The summed E-state index contributed by atoms with van der Waals surface area (Å²) in [5.41, 5.74) is 2.76. The van der Waals surface area contributed by atoms with E-state index in [2.05, 4.69) is 33.4 Å². The molecule has 6 nitrogen and oxygen atoms in total. The summed E-state index contributed by atoms with van der Waals surface area (Å²) in [6, 6.07) is 12.0. The smallest absolute Gasteiger partial charge is 0.257 e. The molecule has 0 bridgehead atoms. The molecule has 2 atom stereocenters. The highest BCUT2D eigenvalue weighted by Crippen LogP contribution is 2.52. The number of aliphatic hydroxyl groups is 1. The van der Waals surface area contributed by atoms with Crippen molar-refractivity contribution in [3.63, 3.8) is 0 Å². The molecule has 2 aromatic rings. The molecule has 2 N–H and O–H groups in total. The topological polar surface area (TPSA) is 68.7 Å². The van der Waals surface area contributed by atoms with E-state index in [0.717, 1.165) is 12.8 Å². The Labute approximate surface area is 166 Å². The summed E-state index contributed by atoms with van der Waals surface area (Å²) < 4.78 is 0. The van der Waals surface area contributed by atoms with Crippen LogP contribution in [0.3, 0.4) is 0 Å². The number of likely N-dealkylation sites (N-methyl/N-ethyl adjacent to an activating group) is 1. The highest BCUT2D eigenvalue weighted by molar-refractivity contribution is 5.98. The van der Waals surface area contributed by atoms with Gasteiger partial charge in [-0.1, -0.05) is 24.3 Å². The number of rotatable bonds is 3. The van der Waals surface area contributed by atoms with Gasteiger partial charge in [0.1, 0.15) is 5.82 Å². The summed E-state index contributed by atoms with van der Waals surface area (Å²) in [4.78, 5) is 21.3. The van der Waals surface area contributed by atoms with Crippen molar-refractivity contribution in [3.05, 3.63) is 59.3 Å². The van der Waals surface area contributed by atoms with Crippen LogP contribution in [0, 0.1) is 0 Å². The van der Waals surface area contributed by atoms with Crippen LogP contribution >= 0.6 is 0 Å². The average molecular weight is 380 g/mol. The molecule has 0 radical (unpaired) electrons. The van der Waals surface area contributed by atoms with Gasteiger partial charge in [0.05, 0.1) is 17.7 Å². The summed E-state index contributed by atoms with van der Waals surface area (Å²) in [5.74, 6) is 0.601. The fourth-order valence-electron chi connectivity index (χ4n) is 5.02. The number of carbonyl (C=O) groups excluding carboxylic acids is 1. The second-order valence-electron chi connectivity index (χ2n) is 8.04. The standard InChI is InChI=1S/C22H28N4O2/c1-23-20-16(8-6-12-24-20)21(28)26-13-10-22(11-14-26)17-9-5-4-7-15(17)18(19(22)27)25(2)3/h4-9,12,18-19,27H,10-11,13-14H2,1-3H3,(H,23,24)/t18-,19+/m1/s1. The number of nitrogens with one attached hydrogen (secondary N) is 1. The third-order valence-corrected chi connectivity index (χ3v) is 6.46. The van der Waals surface area contributed by atoms with Gasteiger partial charge >= 0.3 is 0 Å². The third kappa shape index (κ3) is 2.79. The van der Waals surface area contributed by atoms with Crippen molar-refractivity contribution in [2.45, 2.75) is 30.4 Å². The second kappa shape index (κ2) is 7.18. The number of hydrogen-bond donors (Lipinski definition) is 2. The van der Waals surface area contributed by atoms with Gasteiger partial charge in [-0.3, -0.25) is 4.79 Å². The molecule has 1 saturated heterocycles. The molecule has 6 heteroatoms. The number of piperidine rings is 1. The van der Waals surface area contributed by atoms with Gasteiger partial charge in [0.15, 0.2) is 0 Å². The molecular weight excluding hydrogens is 352 g/mol. The molecule has 4 rings (SSSR count). The van der Waals surface area contributed by atoms with E-state index in [-0.39, 0.29) is 17.4 Å². The van der Waals surface area contributed by atoms with E-state index in [1.807, 2.05) is 31.1 Å². The summed E-state index contributed by atoms with van der Waals surface area (Å²) in [6.45, 7) is 1.25. The zero-order valence-electron chi connectivity index (χ0n) is 16.7. The Hall–Kier alpha value is -2.44. The lowest BCUT2D eigenvalue weighted by Crippen LogP contribution is -2.50. The van der Waals surface area contributed by atoms with E-state index in [1.54, 1.807) is 19.3 Å². The first kappa shape index (κ1) is 18.9. The molecule has 2 aliphatic rings. The predicted octanol–water partition coefficient (Wildman–Crippen LogP) is 2.27. The zero-order chi connectivity index (χ0) is 19.9. The summed E-state index contributed by atoms with van der Waals surface area (Å²) in [5, 5.41) is 14.3. The number of fused-ring (bicyclic) bond motifs is 2. The predicted molar refractivity (Wildman–Crippen MR) is 109 cm³/mol. The number of hydrogen-bond acceptors (Lipinski definition) is 5. The van der Waals surface area contributed by atoms with Crippen molar-refractivity contribution < 1.29 is 9.90 Å². The normalized spacial score (nSPS) is 23.1. The zero-order valence-corrected chi connectivity index (χ0v) is 16.7. The monoisotopic (exact) mass is 380 g/mol. The van der Waals surface area contributed by atoms with Gasteiger partial charge in [0.2, 0.25) is 0 Å². The van der Waals surface area contributed by atoms with E-state index in [9.17, 15) is 9.90 Å². The number of anilines is 1. The van der Waals surface area contributed by atoms with E-state index >= 15 is 0 Å². The highest BCUT2D eigenvalue weighted by Gasteiger charge is 2.53. The number of benzene rings is 1. The lowest BCUT2D eigenvalue weighted by Gasteiger charge is -2.43. The van der Waals surface area contributed by atoms with E-state index in [0.29, 0.717) is 24.5 Å². The molecule has 28 heavy (non-hydrogen) atoms. The first-order valence-electron chi connectivity index (χ1n) is 9.85. The van der Waals surface area contributed by atoms with Gasteiger partial charge in [0, 0.05) is 31.7 Å². The minimum Gasteiger partial charge on any atom is -0.390 e. The summed E-state index contributed by atoms with van der Waals surface area (Å²) in [6.07, 6.45) is 2.73. The molecule has 1 aliphatic heterocycles. The Kier molecular flexibility index (Phi) is 4.85. The van der Waals surface area contributed by atoms with Gasteiger partial charge in [-0.25, -0.2) is 4.98 Å². The third-order valence-electron chi connectivity index (χ3n) is 6.46. The summed E-state index contributed by atoms with van der Waals surface area (Å²) in [7, 11) is 5.81. The number of nitrogens with zero attached hydrogens (tertiary/aromatic N) is 3. The van der Waals surface area contributed by atoms with Gasteiger partial charge in [-0.05, 0) is 50.2 Å². The Bertz CT molecular complexity index is 874. The molecule has 2 heterocycles. The van der Waals surface area contributed by atoms with Crippen LogP contribution in [0.1, 0.15) is 40.4 Å². The fraction of sp³-hybridized carbons (Fsp3) is 0.455. The van der Waals surface area contributed by atoms with Crippen LogP contribution < -0.4 is 5.32 Å². The van der Waals surface area contributed by atoms with E-state index < -0.39 is 6.10 Å². The Balaban J connectivity index is 1.59. The van der Waals surface area contributed by atoms with Crippen LogP contribution in [0.5, 0.6) is 0 Å². The van der Waals surface area contributed by atoms with Crippen molar-refractivity contribution in [1.29, 1.82) is 0 Å². The number of carbonyl (C=O) groups is 1. The molecule has 0 unspecified atom stereocenters. The SMILES string of the molecule is CNc1ncccc1C(=O)N1CCC2(CC1)c1ccccc1[C@@H](N(C)C)[C@@H]2O. The Morgan fingerprint density at radius 1 is 1.21 bits per heavy atom. The van der Waals surface area contributed by atoms with Gasteiger partial charge < -0.3 is 20.2 Å². The van der Waals surface area contributed by atoms with Crippen LogP contribution in [0.15, 0.2) is 42.6 Å². The van der Waals surface area contributed by atoms with Crippen LogP contribution in [-0.4, -0.2) is 66.1 Å². The van der Waals surface area contributed by atoms with Crippen molar-refractivity contribution in [2.75, 3.05) is 39.5 Å². The van der Waals surface area contributed by atoms with Crippen molar-refractivity contribution in [3.8, 4) is 0 Å². The molecule has 0 saturated carbocycles. The average Bonchev–Trinajstić information content (AvgIpc) is 2.96. The lowest BCUT2D eigenvalue weighted by molar-refractivity contribution is -0.00143. The largest absolute Gasteiger partial charge is 0.390 e. The maximum atomic E-state index is 13.1. The van der Waals surface area contributed by atoms with Gasteiger partial charge in [-0.15, -0.1) is 0 Å². The maximum Gasteiger partial charge on any atom is 0.257 e. The molecule has 1 fully saturated rings. The summed E-state index contributed by atoms with van der Waals surface area (Å²) >= 11 is 0. The number of likely N-dealkylation sites (tertiary alicyclic amines) is 1. The first-order chi connectivity index (χ1) is 13.5. The number of pyridine rings is 1. The van der Waals surface area contributed by atoms with Gasteiger partial charge in [-0.2, -0.15) is 0 Å². The van der Waals surface area contributed by atoms with Crippen LogP contribution in [0.2, 0.25) is 0 Å². The second-order valence-corrected chi connectivity index (χ2v) is 8.04. The lowest BCUT2D eigenvalue weighted by atomic mass is 9.72. The first-order valence-corrected chi connectivity index (χ1v) is 9.85. The number of aliphatic hydroxyl groups excluding tert-OH is 1.